The van der Waals surface area contributed by atoms with Crippen LogP contribution in [-0.4, -0.2) is 78.6 Å². The Labute approximate surface area is 348 Å². The molecule has 58 heavy (non-hydrogen) atoms. The molecule has 0 unspecified atom stereocenters. The van der Waals surface area contributed by atoms with Gasteiger partial charge in [0.15, 0.2) is 5.82 Å². The molecule has 11 nitrogen and oxygen atoms in total. The maximum absolute atomic E-state index is 13.7. The van der Waals surface area contributed by atoms with Gasteiger partial charge in [0.1, 0.15) is 12.0 Å². The first-order valence-electron chi connectivity index (χ1n) is 18.9. The van der Waals surface area contributed by atoms with Crippen LogP contribution in [0.4, 0.5) is 17.2 Å². The monoisotopic (exact) mass is 833 g/mol. The molecule has 14 heteroatoms. The van der Waals surface area contributed by atoms with Crippen molar-refractivity contribution in [2.24, 2.45) is 0 Å². The summed E-state index contributed by atoms with van der Waals surface area (Å²) in [5, 5.41) is 16.9. The van der Waals surface area contributed by atoms with Crippen LogP contribution in [0, 0.1) is 10.1 Å². The van der Waals surface area contributed by atoms with E-state index in [1.165, 1.54) is 35.2 Å². The Morgan fingerprint density at radius 2 is 1.71 bits per heavy atom. The molecule has 0 saturated heterocycles. The Morgan fingerprint density at radius 1 is 0.931 bits per heavy atom. The third-order valence-electron chi connectivity index (χ3n) is 10.0. The van der Waals surface area contributed by atoms with Crippen molar-refractivity contribution in [1.82, 2.24) is 19.8 Å². The minimum atomic E-state index is -4.27. The van der Waals surface area contributed by atoms with Gasteiger partial charge >= 0.3 is 0 Å². The van der Waals surface area contributed by atoms with E-state index in [-0.39, 0.29) is 28.1 Å². The van der Waals surface area contributed by atoms with Crippen LogP contribution in [0.15, 0.2) is 137 Å². The van der Waals surface area contributed by atoms with E-state index in [1.54, 1.807) is 11.8 Å². The molecule has 0 bridgehead atoms. The largest absolute Gasteiger partial charge is 0.376 e. The Bertz CT molecular complexity index is 2540. The molecule has 6 aromatic rings. The van der Waals surface area contributed by atoms with Gasteiger partial charge in [0.05, 0.1) is 15.3 Å². The third kappa shape index (κ3) is 10.2. The van der Waals surface area contributed by atoms with Gasteiger partial charge in [-0.1, -0.05) is 78.3 Å². The maximum Gasteiger partial charge on any atom is 0.293 e. The second-order valence-corrected chi connectivity index (χ2v) is 17.6. The zero-order valence-electron chi connectivity index (χ0n) is 32.2. The molecule has 0 fully saturated rings. The van der Waals surface area contributed by atoms with Gasteiger partial charge in [0.2, 0.25) is 0 Å². The zero-order valence-corrected chi connectivity index (χ0v) is 34.6. The first-order chi connectivity index (χ1) is 28.0. The van der Waals surface area contributed by atoms with E-state index < -0.39 is 14.9 Å². The highest BCUT2D eigenvalue weighted by Crippen LogP contribution is 2.33. The van der Waals surface area contributed by atoms with E-state index in [9.17, 15) is 18.5 Å². The van der Waals surface area contributed by atoms with Crippen LogP contribution in [0.2, 0.25) is 5.02 Å². The Balaban J connectivity index is 1.05. The van der Waals surface area contributed by atoms with Gasteiger partial charge < -0.3 is 10.2 Å². The number of fused-ring (bicyclic) bond motifs is 1. The van der Waals surface area contributed by atoms with E-state index in [0.717, 1.165) is 61.1 Å². The number of thioether (sulfide) groups is 1. The lowest BCUT2D eigenvalue weighted by Crippen LogP contribution is -2.28. The SMILES string of the molecule is CN(C)CC[C@H](CSc1ccccc1)Nc1ccc(S(=O)(=O)Nc2ncnc3cc(C4=CCN(Cc5cc(Cl)ccc5-c5ccccc5)CC4)ccc23)cc1[N+](=O)[O-]. The lowest BCUT2D eigenvalue weighted by atomic mass is 9.96. The number of halogens is 1. The molecule has 5 aromatic carbocycles. The quantitative estimate of drug-likeness (QED) is 0.0552. The molecule has 1 aromatic heterocycles. The molecule has 1 aliphatic rings. The fourth-order valence-corrected chi connectivity index (χ4v) is 9.21. The van der Waals surface area contributed by atoms with Crippen LogP contribution >= 0.6 is 23.4 Å². The molecule has 298 valence electrons. The average Bonchev–Trinajstić information content (AvgIpc) is 3.22. The predicted molar refractivity (Wildman–Crippen MR) is 236 cm³/mol. The summed E-state index contributed by atoms with van der Waals surface area (Å²) < 4.78 is 30.0. The van der Waals surface area contributed by atoms with Crippen molar-refractivity contribution in [2.45, 2.75) is 35.2 Å². The molecule has 0 radical (unpaired) electrons. The lowest BCUT2D eigenvalue weighted by molar-refractivity contribution is -0.384. The Kier molecular flexibility index (Phi) is 13.0. The molecule has 0 spiro atoms. The highest BCUT2D eigenvalue weighted by molar-refractivity contribution is 7.99. The molecule has 2 heterocycles. The summed E-state index contributed by atoms with van der Waals surface area (Å²) in [7, 11) is -0.317. The normalized spacial score (nSPS) is 14.0. The van der Waals surface area contributed by atoms with Crippen molar-refractivity contribution in [2.75, 3.05) is 49.5 Å². The van der Waals surface area contributed by atoms with Crippen molar-refractivity contribution in [3.63, 3.8) is 0 Å². The number of rotatable bonds is 16. The number of hydrogen-bond donors (Lipinski definition) is 2. The van der Waals surface area contributed by atoms with Gasteiger partial charge in [-0.25, -0.2) is 18.4 Å². The lowest BCUT2D eigenvalue weighted by Gasteiger charge is -2.27. The number of anilines is 2. The van der Waals surface area contributed by atoms with Crippen LogP contribution in [0.5, 0.6) is 0 Å². The maximum atomic E-state index is 13.7. The first kappa shape index (κ1) is 40.9. The molecule has 2 N–H and O–H groups in total. The highest BCUT2D eigenvalue weighted by Gasteiger charge is 2.25. The van der Waals surface area contributed by atoms with E-state index in [1.807, 2.05) is 93.0 Å². The number of nitrogens with zero attached hydrogens (tertiary/aromatic N) is 5. The summed E-state index contributed by atoms with van der Waals surface area (Å²) in [5.74, 6) is 0.747. The number of hydrogen-bond acceptors (Lipinski definition) is 10. The van der Waals surface area contributed by atoms with Crippen LogP contribution in [0.3, 0.4) is 0 Å². The number of sulfonamides is 1. The summed E-state index contributed by atoms with van der Waals surface area (Å²) in [6, 6.07) is 35.8. The predicted octanol–water partition coefficient (Wildman–Crippen LogP) is 9.47. The van der Waals surface area contributed by atoms with E-state index in [4.69, 9.17) is 11.6 Å². The average molecular weight is 834 g/mol. The van der Waals surface area contributed by atoms with Gasteiger partial charge in [-0.2, -0.15) is 0 Å². The van der Waals surface area contributed by atoms with Crippen molar-refractivity contribution >= 4 is 67.1 Å². The van der Waals surface area contributed by atoms with Crippen molar-refractivity contribution in [3.05, 3.63) is 154 Å². The summed E-state index contributed by atoms with van der Waals surface area (Å²) in [4.78, 5) is 25.7. The van der Waals surface area contributed by atoms with E-state index >= 15 is 0 Å². The van der Waals surface area contributed by atoms with E-state index in [2.05, 4.69) is 54.1 Å². The molecule has 7 rings (SSSR count). The molecule has 1 atom stereocenters. The van der Waals surface area contributed by atoms with Crippen LogP contribution in [0.25, 0.3) is 27.6 Å². The minimum Gasteiger partial charge on any atom is -0.376 e. The highest BCUT2D eigenvalue weighted by atomic mass is 35.5. The van der Waals surface area contributed by atoms with Gasteiger partial charge in [0.25, 0.3) is 15.7 Å². The summed E-state index contributed by atoms with van der Waals surface area (Å²) in [6.07, 6.45) is 5.08. The fourth-order valence-electron chi connectivity index (χ4n) is 6.97. The van der Waals surface area contributed by atoms with E-state index in [0.29, 0.717) is 21.7 Å². The van der Waals surface area contributed by atoms with Gasteiger partial charge in [-0.05, 0) is 110 Å². The number of benzene rings is 5. The summed E-state index contributed by atoms with van der Waals surface area (Å²) in [5.41, 5.74) is 6.17. The second-order valence-electron chi connectivity index (χ2n) is 14.4. The molecular formula is C44H44ClN7O4S2. The minimum absolute atomic E-state index is 0.0858. The second kappa shape index (κ2) is 18.5. The summed E-state index contributed by atoms with van der Waals surface area (Å²) >= 11 is 8.08. The van der Waals surface area contributed by atoms with Gasteiger partial charge in [0, 0.05) is 52.8 Å². The molecule has 1 aliphatic heterocycles. The van der Waals surface area contributed by atoms with Crippen molar-refractivity contribution in [3.8, 4) is 11.1 Å². The number of aromatic nitrogens is 2. The third-order valence-corrected chi connectivity index (χ3v) is 12.8. The number of nitro groups is 1. The molecule has 0 amide bonds. The Hall–Kier alpha value is -5.31. The van der Waals surface area contributed by atoms with Crippen molar-refractivity contribution < 1.29 is 13.3 Å². The topological polar surface area (TPSA) is 134 Å². The number of nitrogens with one attached hydrogen (secondary N) is 2. The zero-order chi connectivity index (χ0) is 40.6. The van der Waals surface area contributed by atoms with Crippen molar-refractivity contribution in [1.29, 1.82) is 0 Å². The summed E-state index contributed by atoms with van der Waals surface area (Å²) in [6.45, 7) is 3.13. The molecule has 0 saturated carbocycles. The van der Waals surface area contributed by atoms with Crippen LogP contribution in [-0.2, 0) is 16.6 Å². The van der Waals surface area contributed by atoms with Crippen LogP contribution in [0.1, 0.15) is 24.0 Å². The molecule has 0 aliphatic carbocycles. The standard InChI is InChI=1S/C44H44ClN7O4S2/c1-50(2)22-21-36(29-57-37-11-7-4-8-12-37)48-41-18-15-38(27-43(41)52(53)54)58(55,56)49-44-40-16-13-33(26-42(40)46-30-47-44)31-19-23-51(24-20-31)28-34-25-35(45)14-17-39(34)32-9-5-3-6-10-32/h3-19,25-27,30,36,48H,20-24,28-29H2,1-2H3,(H,46,47,49)/t36-/m1/s1. The Morgan fingerprint density at radius 3 is 2.43 bits per heavy atom. The first-order valence-corrected chi connectivity index (χ1v) is 21.8. The fraction of sp³-hybridized carbons (Fsp3) is 0.227. The van der Waals surface area contributed by atoms with Crippen LogP contribution < -0.4 is 10.0 Å². The van der Waals surface area contributed by atoms with Gasteiger partial charge in [-0.15, -0.1) is 11.8 Å². The smallest absolute Gasteiger partial charge is 0.293 e. The molecular weight excluding hydrogens is 790 g/mol. The van der Waals surface area contributed by atoms with Gasteiger partial charge in [-0.3, -0.25) is 19.7 Å². The number of nitro benzene ring substituents is 1.